The van der Waals surface area contributed by atoms with Gasteiger partial charge in [-0.15, -0.1) is 0 Å². The van der Waals surface area contributed by atoms with Crippen LogP contribution in [-0.2, 0) is 13.1 Å². The Hall–Kier alpha value is -3.31. The van der Waals surface area contributed by atoms with Crippen LogP contribution in [0.25, 0.3) is 0 Å². The highest BCUT2D eigenvalue weighted by Crippen LogP contribution is 2.23. The van der Waals surface area contributed by atoms with Crippen molar-refractivity contribution in [3.05, 3.63) is 101 Å². The summed E-state index contributed by atoms with van der Waals surface area (Å²) >= 11 is 6.17. The van der Waals surface area contributed by atoms with Gasteiger partial charge in [-0.1, -0.05) is 66.2 Å². The van der Waals surface area contributed by atoms with Gasteiger partial charge in [-0.3, -0.25) is 9.69 Å². The maximum absolute atomic E-state index is 13.1. The summed E-state index contributed by atoms with van der Waals surface area (Å²) < 4.78 is 0. The third-order valence-corrected chi connectivity index (χ3v) is 5.71. The molecule has 3 aromatic carbocycles. The van der Waals surface area contributed by atoms with Crippen molar-refractivity contribution in [1.29, 1.82) is 0 Å². The number of carbonyl (C=O) groups is 2. The molecule has 5 nitrogen and oxygen atoms in total. The van der Waals surface area contributed by atoms with Crippen molar-refractivity contribution in [3.63, 3.8) is 0 Å². The quantitative estimate of drug-likeness (QED) is 0.587. The van der Waals surface area contributed by atoms with Gasteiger partial charge in [0.25, 0.3) is 5.91 Å². The van der Waals surface area contributed by atoms with Crippen LogP contribution in [0.15, 0.2) is 78.9 Å². The van der Waals surface area contributed by atoms with Gasteiger partial charge in [0, 0.05) is 42.5 Å². The summed E-state index contributed by atoms with van der Waals surface area (Å²) in [6.07, 6.45) is 0.876. The van der Waals surface area contributed by atoms with Crippen LogP contribution in [0.2, 0.25) is 5.02 Å². The van der Waals surface area contributed by atoms with Crippen LogP contribution in [0, 0.1) is 0 Å². The molecule has 158 valence electrons. The highest BCUT2D eigenvalue weighted by Gasteiger charge is 2.27. The maximum Gasteiger partial charge on any atom is 0.324 e. The van der Waals surface area contributed by atoms with Crippen LogP contribution < -0.4 is 10.2 Å². The number of benzene rings is 3. The molecule has 0 spiro atoms. The van der Waals surface area contributed by atoms with Crippen LogP contribution in [-0.4, -0.2) is 29.9 Å². The number of halogens is 1. The first-order valence-corrected chi connectivity index (χ1v) is 10.7. The molecule has 31 heavy (non-hydrogen) atoms. The van der Waals surface area contributed by atoms with E-state index in [9.17, 15) is 9.59 Å². The molecule has 0 aromatic heterocycles. The second-order valence-electron chi connectivity index (χ2n) is 7.52. The van der Waals surface area contributed by atoms with E-state index in [-0.39, 0.29) is 11.9 Å². The molecule has 3 aromatic rings. The molecule has 1 saturated heterocycles. The second-order valence-corrected chi connectivity index (χ2v) is 7.93. The van der Waals surface area contributed by atoms with Gasteiger partial charge in [-0.05, 0) is 41.8 Å². The fourth-order valence-electron chi connectivity index (χ4n) is 3.71. The molecule has 0 atom stereocenters. The molecule has 6 heteroatoms. The molecule has 0 saturated carbocycles. The Kier molecular flexibility index (Phi) is 6.53. The molecule has 1 aliphatic rings. The van der Waals surface area contributed by atoms with Crippen molar-refractivity contribution in [1.82, 2.24) is 10.2 Å². The molecule has 1 N–H and O–H groups in total. The van der Waals surface area contributed by atoms with Gasteiger partial charge in [-0.25, -0.2) is 4.79 Å². The summed E-state index contributed by atoms with van der Waals surface area (Å²) in [7, 11) is 0. The number of nitrogens with one attached hydrogen (secondary N) is 1. The molecule has 1 aliphatic heterocycles. The predicted molar refractivity (Wildman–Crippen MR) is 123 cm³/mol. The van der Waals surface area contributed by atoms with Crippen LogP contribution >= 0.6 is 11.6 Å². The van der Waals surface area contributed by atoms with E-state index in [1.165, 1.54) is 0 Å². The minimum Gasteiger partial charge on any atom is -0.348 e. The average Bonchev–Trinajstić information content (AvgIpc) is 2.80. The first-order chi connectivity index (χ1) is 15.1. The van der Waals surface area contributed by atoms with E-state index in [0.29, 0.717) is 30.2 Å². The van der Waals surface area contributed by atoms with E-state index in [4.69, 9.17) is 11.6 Å². The third kappa shape index (κ3) is 5.06. The molecule has 0 unspecified atom stereocenters. The molecule has 0 bridgehead atoms. The summed E-state index contributed by atoms with van der Waals surface area (Å²) in [6, 6.07) is 24.6. The Morgan fingerprint density at radius 3 is 2.52 bits per heavy atom. The summed E-state index contributed by atoms with van der Waals surface area (Å²) in [5.41, 5.74) is 3.20. The molecule has 3 amide bonds. The van der Waals surface area contributed by atoms with Crippen LogP contribution in [0.5, 0.6) is 0 Å². The van der Waals surface area contributed by atoms with Crippen LogP contribution in [0.3, 0.4) is 0 Å². The number of anilines is 1. The third-order valence-electron chi connectivity index (χ3n) is 5.34. The summed E-state index contributed by atoms with van der Waals surface area (Å²) in [5, 5.41) is 3.52. The van der Waals surface area contributed by atoms with Crippen molar-refractivity contribution >= 4 is 29.2 Å². The first-order valence-electron chi connectivity index (χ1n) is 10.3. The maximum atomic E-state index is 13.1. The monoisotopic (exact) mass is 433 g/mol. The van der Waals surface area contributed by atoms with Gasteiger partial charge in [0.1, 0.15) is 0 Å². The van der Waals surface area contributed by atoms with E-state index in [1.807, 2.05) is 65.6 Å². The van der Waals surface area contributed by atoms with Crippen molar-refractivity contribution < 1.29 is 9.59 Å². The predicted octanol–water partition coefficient (Wildman–Crippen LogP) is 5.10. The Labute approximate surface area is 187 Å². The molecule has 0 aliphatic carbocycles. The van der Waals surface area contributed by atoms with E-state index in [1.54, 1.807) is 23.1 Å². The van der Waals surface area contributed by atoms with Crippen molar-refractivity contribution in [2.75, 3.05) is 18.0 Å². The molecular formula is C25H24ClN3O2. The zero-order chi connectivity index (χ0) is 21.6. The van der Waals surface area contributed by atoms with E-state index >= 15 is 0 Å². The zero-order valence-electron chi connectivity index (χ0n) is 17.1. The van der Waals surface area contributed by atoms with Gasteiger partial charge < -0.3 is 10.2 Å². The summed E-state index contributed by atoms with van der Waals surface area (Å²) in [4.78, 5) is 29.4. The van der Waals surface area contributed by atoms with Gasteiger partial charge >= 0.3 is 6.03 Å². The van der Waals surface area contributed by atoms with E-state index < -0.39 is 0 Å². The lowest BCUT2D eigenvalue weighted by atomic mass is 10.1. The molecular weight excluding hydrogens is 410 g/mol. The smallest absolute Gasteiger partial charge is 0.324 e. The average molecular weight is 434 g/mol. The lowest BCUT2D eigenvalue weighted by Crippen LogP contribution is -2.49. The number of hydrogen-bond donors (Lipinski definition) is 1. The first kappa shape index (κ1) is 20.9. The summed E-state index contributed by atoms with van der Waals surface area (Å²) in [5.74, 6) is -0.202. The Morgan fingerprint density at radius 2 is 1.71 bits per heavy atom. The number of amides is 3. The van der Waals surface area contributed by atoms with Gasteiger partial charge in [0.15, 0.2) is 0 Å². The minimum absolute atomic E-state index is 0.0382. The fraction of sp³-hybridized carbons (Fsp3) is 0.200. The lowest BCUT2D eigenvalue weighted by Gasteiger charge is -2.35. The van der Waals surface area contributed by atoms with Gasteiger partial charge in [-0.2, -0.15) is 0 Å². The molecule has 0 radical (unpaired) electrons. The van der Waals surface area contributed by atoms with Crippen molar-refractivity contribution in [3.8, 4) is 0 Å². The zero-order valence-corrected chi connectivity index (χ0v) is 17.9. The van der Waals surface area contributed by atoms with Crippen molar-refractivity contribution in [2.45, 2.75) is 19.5 Å². The Bertz CT molecular complexity index is 1070. The standard InChI is InChI=1S/C25H24ClN3O2/c26-23-13-5-4-10-21(23)17-27-24(30)20-11-6-12-22(16-20)29-15-7-14-28(25(29)31)18-19-8-2-1-3-9-19/h1-6,8-13,16H,7,14-15,17-18H2,(H,27,30). The van der Waals surface area contributed by atoms with Crippen LogP contribution in [0.4, 0.5) is 10.5 Å². The lowest BCUT2D eigenvalue weighted by molar-refractivity contribution is 0.0951. The molecule has 1 fully saturated rings. The minimum atomic E-state index is -0.202. The van der Waals surface area contributed by atoms with Gasteiger partial charge in [0.2, 0.25) is 0 Å². The SMILES string of the molecule is O=C(NCc1ccccc1Cl)c1cccc(N2CCCN(Cc3ccccc3)C2=O)c1. The Balaban J connectivity index is 1.45. The van der Waals surface area contributed by atoms with Gasteiger partial charge in [0.05, 0.1) is 0 Å². The molecule has 4 rings (SSSR count). The number of hydrogen-bond acceptors (Lipinski definition) is 2. The van der Waals surface area contributed by atoms with Crippen LogP contribution in [0.1, 0.15) is 27.9 Å². The topological polar surface area (TPSA) is 52.7 Å². The van der Waals surface area contributed by atoms with Crippen molar-refractivity contribution in [2.24, 2.45) is 0 Å². The van der Waals surface area contributed by atoms with E-state index in [0.717, 1.165) is 29.8 Å². The number of nitrogens with zero attached hydrogens (tertiary/aromatic N) is 2. The molecule has 1 heterocycles. The van der Waals surface area contributed by atoms with E-state index in [2.05, 4.69) is 5.32 Å². The number of carbonyl (C=O) groups excluding carboxylic acids is 2. The Morgan fingerprint density at radius 1 is 0.935 bits per heavy atom. The normalized spacial score (nSPS) is 13.9. The summed E-state index contributed by atoms with van der Waals surface area (Å²) in [6.45, 7) is 2.28. The number of urea groups is 1. The highest BCUT2D eigenvalue weighted by atomic mass is 35.5. The second kappa shape index (κ2) is 9.67. The largest absolute Gasteiger partial charge is 0.348 e. The fourth-order valence-corrected chi connectivity index (χ4v) is 3.91. The highest BCUT2D eigenvalue weighted by molar-refractivity contribution is 6.31. The number of rotatable bonds is 6.